The van der Waals surface area contributed by atoms with Gasteiger partial charge in [-0.25, -0.2) is 4.68 Å². The molecule has 2 aromatic heterocycles. The highest BCUT2D eigenvalue weighted by atomic mass is 16.5. The Balaban J connectivity index is 1.57. The van der Waals surface area contributed by atoms with Crippen LogP contribution in [0.3, 0.4) is 0 Å². The van der Waals surface area contributed by atoms with Gasteiger partial charge in [-0.3, -0.25) is 14.7 Å². The van der Waals surface area contributed by atoms with Crippen molar-refractivity contribution >= 4 is 17.0 Å². The largest absolute Gasteiger partial charge is 0.379 e. The maximum atomic E-state index is 12.2. The van der Waals surface area contributed by atoms with Gasteiger partial charge < -0.3 is 10.1 Å². The third-order valence-corrected chi connectivity index (χ3v) is 4.37. The van der Waals surface area contributed by atoms with E-state index >= 15 is 0 Å². The summed E-state index contributed by atoms with van der Waals surface area (Å²) in [6.07, 6.45) is 3.72. The van der Waals surface area contributed by atoms with Gasteiger partial charge in [0.2, 0.25) is 5.95 Å². The molecule has 0 amide bonds. The zero-order valence-corrected chi connectivity index (χ0v) is 15.3. The van der Waals surface area contributed by atoms with Gasteiger partial charge >= 0.3 is 0 Å². The summed E-state index contributed by atoms with van der Waals surface area (Å²) in [5, 5.41) is 8.07. The lowest BCUT2D eigenvalue weighted by Gasteiger charge is -2.26. The Morgan fingerprint density at radius 3 is 2.76 bits per heavy atom. The predicted octanol–water partition coefficient (Wildman–Crippen LogP) is 1.40. The van der Waals surface area contributed by atoms with Gasteiger partial charge in [-0.15, -0.1) is 0 Å². The minimum Gasteiger partial charge on any atom is -0.379 e. The van der Waals surface area contributed by atoms with E-state index in [0.717, 1.165) is 52.2 Å². The number of H-pyrrole nitrogens is 1. The van der Waals surface area contributed by atoms with E-state index in [0.29, 0.717) is 17.0 Å². The second-order valence-corrected chi connectivity index (χ2v) is 7.47. The first-order valence-corrected chi connectivity index (χ1v) is 8.98. The van der Waals surface area contributed by atoms with Crippen LogP contribution in [-0.2, 0) is 10.3 Å². The summed E-state index contributed by atoms with van der Waals surface area (Å²) in [6, 6.07) is 0. The molecule has 25 heavy (non-hydrogen) atoms. The fraction of sp³-hybridized carbons (Fsp3) is 0.706. The minimum absolute atomic E-state index is 0.156. The van der Waals surface area contributed by atoms with Gasteiger partial charge in [0.1, 0.15) is 5.39 Å². The summed E-state index contributed by atoms with van der Waals surface area (Å²) in [4.78, 5) is 22.0. The molecule has 1 aliphatic rings. The summed E-state index contributed by atoms with van der Waals surface area (Å²) in [6.45, 7) is 11.7. The Bertz CT molecular complexity index is 755. The van der Waals surface area contributed by atoms with E-state index in [1.165, 1.54) is 0 Å². The highest BCUT2D eigenvalue weighted by Crippen LogP contribution is 2.18. The summed E-state index contributed by atoms with van der Waals surface area (Å²) >= 11 is 0. The van der Waals surface area contributed by atoms with E-state index < -0.39 is 0 Å². The van der Waals surface area contributed by atoms with Crippen LogP contribution in [0.1, 0.15) is 33.6 Å². The van der Waals surface area contributed by atoms with Gasteiger partial charge in [0.25, 0.3) is 5.56 Å². The molecule has 138 valence electrons. The number of aromatic nitrogens is 4. The molecule has 8 heteroatoms. The predicted molar refractivity (Wildman–Crippen MR) is 98.1 cm³/mol. The maximum absolute atomic E-state index is 12.2. The lowest BCUT2D eigenvalue weighted by atomic mass is 10.1. The highest BCUT2D eigenvalue weighted by Gasteiger charge is 2.19. The van der Waals surface area contributed by atoms with Crippen molar-refractivity contribution < 1.29 is 4.74 Å². The first-order valence-electron chi connectivity index (χ1n) is 8.98. The van der Waals surface area contributed by atoms with Gasteiger partial charge in [0.05, 0.1) is 24.9 Å². The number of rotatable bonds is 6. The molecule has 0 unspecified atom stereocenters. The molecule has 1 aliphatic heterocycles. The lowest BCUT2D eigenvalue weighted by Crippen LogP contribution is -2.36. The fourth-order valence-electron chi connectivity index (χ4n) is 2.99. The van der Waals surface area contributed by atoms with Crippen LogP contribution in [-0.4, -0.2) is 64.0 Å². The van der Waals surface area contributed by atoms with Crippen molar-refractivity contribution in [2.45, 2.75) is 39.2 Å². The van der Waals surface area contributed by atoms with Crippen molar-refractivity contribution in [1.82, 2.24) is 24.6 Å². The molecule has 0 bridgehead atoms. The summed E-state index contributed by atoms with van der Waals surface area (Å²) in [5.41, 5.74) is 0.237. The van der Waals surface area contributed by atoms with Crippen LogP contribution in [0, 0.1) is 0 Å². The number of hydrogen-bond donors (Lipinski definition) is 2. The Morgan fingerprint density at radius 1 is 1.28 bits per heavy atom. The topological polar surface area (TPSA) is 88.1 Å². The molecule has 2 N–H and O–H groups in total. The van der Waals surface area contributed by atoms with Crippen molar-refractivity contribution in [3.05, 3.63) is 16.6 Å². The number of hydrogen-bond acceptors (Lipinski definition) is 6. The lowest BCUT2D eigenvalue weighted by molar-refractivity contribution is 0.0373. The van der Waals surface area contributed by atoms with Gasteiger partial charge in [-0.1, -0.05) is 0 Å². The third-order valence-electron chi connectivity index (χ3n) is 4.37. The summed E-state index contributed by atoms with van der Waals surface area (Å²) in [5.74, 6) is 0.509. The van der Waals surface area contributed by atoms with E-state index in [-0.39, 0.29) is 11.1 Å². The number of ether oxygens (including phenoxy) is 1. The number of morpholine rings is 1. The molecule has 2 aromatic rings. The first kappa shape index (κ1) is 17.9. The van der Waals surface area contributed by atoms with Crippen LogP contribution in [0.2, 0.25) is 0 Å². The summed E-state index contributed by atoms with van der Waals surface area (Å²) < 4.78 is 7.15. The molecule has 8 nitrogen and oxygen atoms in total. The average Bonchev–Trinajstić information content (AvgIpc) is 3.00. The summed E-state index contributed by atoms with van der Waals surface area (Å²) in [7, 11) is 0. The zero-order valence-electron chi connectivity index (χ0n) is 15.3. The SMILES string of the molecule is CC(C)(C)n1ncc2c(=O)[nH]c(NCCCCN3CCOCC3)nc21. The van der Waals surface area contributed by atoms with Crippen molar-refractivity contribution in [1.29, 1.82) is 0 Å². The third kappa shape index (κ3) is 4.38. The van der Waals surface area contributed by atoms with Gasteiger partial charge in [-0.2, -0.15) is 10.1 Å². The van der Waals surface area contributed by atoms with Crippen molar-refractivity contribution in [2.75, 3.05) is 44.7 Å². The van der Waals surface area contributed by atoms with Crippen LogP contribution in [0.5, 0.6) is 0 Å². The number of aromatic amines is 1. The first-order chi connectivity index (χ1) is 11.9. The Kier molecular flexibility index (Phi) is 5.39. The Morgan fingerprint density at radius 2 is 2.04 bits per heavy atom. The molecule has 0 aromatic carbocycles. The Labute approximate surface area is 147 Å². The Hall–Kier alpha value is -1.93. The standard InChI is InChI=1S/C17H28N6O2/c1-17(2,3)23-14-13(12-19-23)15(24)21-16(20-14)18-6-4-5-7-22-8-10-25-11-9-22/h12H,4-11H2,1-3H3,(H2,18,20,21,24). The molecule has 0 saturated carbocycles. The number of unbranched alkanes of at least 4 members (excludes halogenated alkanes) is 1. The van der Waals surface area contributed by atoms with Gasteiger partial charge in [0.15, 0.2) is 5.65 Å². The second-order valence-electron chi connectivity index (χ2n) is 7.47. The molecule has 0 atom stereocenters. The highest BCUT2D eigenvalue weighted by molar-refractivity contribution is 5.74. The van der Waals surface area contributed by atoms with E-state index in [1.807, 2.05) is 20.8 Å². The molecule has 0 radical (unpaired) electrons. The quantitative estimate of drug-likeness (QED) is 0.767. The smallest absolute Gasteiger partial charge is 0.263 e. The van der Waals surface area contributed by atoms with Gasteiger partial charge in [0, 0.05) is 19.6 Å². The monoisotopic (exact) mass is 348 g/mol. The normalized spacial score (nSPS) is 16.4. The van der Waals surface area contributed by atoms with Crippen molar-refractivity contribution in [2.24, 2.45) is 0 Å². The van der Waals surface area contributed by atoms with Crippen LogP contribution in [0.15, 0.2) is 11.0 Å². The van der Waals surface area contributed by atoms with Crippen LogP contribution < -0.4 is 10.9 Å². The van der Waals surface area contributed by atoms with Crippen molar-refractivity contribution in [3.8, 4) is 0 Å². The number of fused-ring (bicyclic) bond motifs is 1. The van der Waals surface area contributed by atoms with Crippen molar-refractivity contribution in [3.63, 3.8) is 0 Å². The maximum Gasteiger partial charge on any atom is 0.263 e. The van der Waals surface area contributed by atoms with Crippen LogP contribution in [0.4, 0.5) is 5.95 Å². The van der Waals surface area contributed by atoms with Crippen LogP contribution in [0.25, 0.3) is 11.0 Å². The van der Waals surface area contributed by atoms with E-state index in [1.54, 1.807) is 10.9 Å². The molecule has 0 aliphatic carbocycles. The molecular formula is C17H28N6O2. The molecular weight excluding hydrogens is 320 g/mol. The van der Waals surface area contributed by atoms with E-state index in [2.05, 4.69) is 25.3 Å². The molecule has 3 rings (SSSR count). The molecule has 0 spiro atoms. The minimum atomic E-state index is -0.224. The van der Waals surface area contributed by atoms with Crippen LogP contribution >= 0.6 is 0 Å². The number of nitrogens with zero attached hydrogens (tertiary/aromatic N) is 4. The number of anilines is 1. The van der Waals surface area contributed by atoms with Gasteiger partial charge in [-0.05, 0) is 40.2 Å². The number of nitrogens with one attached hydrogen (secondary N) is 2. The van der Waals surface area contributed by atoms with E-state index in [4.69, 9.17) is 4.74 Å². The average molecular weight is 348 g/mol. The second kappa shape index (κ2) is 7.53. The fourth-order valence-corrected chi connectivity index (χ4v) is 2.99. The van der Waals surface area contributed by atoms with E-state index in [9.17, 15) is 4.79 Å². The molecule has 3 heterocycles. The molecule has 1 saturated heterocycles. The molecule has 1 fully saturated rings. The zero-order chi connectivity index (χ0) is 17.9.